The maximum Gasteiger partial charge on any atom is 0.408 e. The number of carbonyl (C=O) groups is 4. The van der Waals surface area contributed by atoms with Crippen LogP contribution in [0.3, 0.4) is 0 Å². The van der Waals surface area contributed by atoms with Gasteiger partial charge in [-0.1, -0.05) is 25.0 Å². The van der Waals surface area contributed by atoms with E-state index in [2.05, 4.69) is 20.8 Å². The van der Waals surface area contributed by atoms with Gasteiger partial charge in [0.2, 0.25) is 11.8 Å². The van der Waals surface area contributed by atoms with Gasteiger partial charge >= 0.3 is 12.1 Å². The molecule has 2 aliphatic heterocycles. The Bertz CT molecular complexity index is 1950. The number of aliphatic carboxylic acids is 1. The lowest BCUT2D eigenvalue weighted by Crippen LogP contribution is -2.56. The van der Waals surface area contributed by atoms with Crippen molar-refractivity contribution in [1.29, 1.82) is 0 Å². The maximum absolute atomic E-state index is 14.5. The number of aromatic nitrogens is 2. The fourth-order valence-corrected chi connectivity index (χ4v) is 8.68. The molecule has 1 saturated heterocycles. The molecule has 16 heteroatoms. The van der Waals surface area contributed by atoms with Gasteiger partial charge < -0.3 is 40.3 Å². The molecular weight excluding hydrogens is 729 g/mol. The number of alkyl carbamates (subject to hydrolysis) is 1. The number of amides is 3. The number of rotatable bonds is 9. The molecule has 0 bridgehead atoms. The molecule has 0 unspecified atom stereocenters. The summed E-state index contributed by atoms with van der Waals surface area (Å²) in [5, 5.41) is 31.7. The van der Waals surface area contributed by atoms with E-state index >= 15 is 0 Å². The second-order valence-electron chi connectivity index (χ2n) is 15.2. The molecule has 0 spiro atoms. The predicted molar refractivity (Wildman–Crippen MR) is 204 cm³/mol. The van der Waals surface area contributed by atoms with Gasteiger partial charge in [-0.05, 0) is 77.3 Å². The summed E-state index contributed by atoms with van der Waals surface area (Å²) in [6.07, 6.45) is 9.42. The topological polar surface area (TPSA) is 202 Å². The summed E-state index contributed by atoms with van der Waals surface area (Å²) in [7, 11) is 0. The largest absolute Gasteiger partial charge is 0.488 e. The Morgan fingerprint density at radius 3 is 2.60 bits per heavy atom. The number of allylic oxidation sites excluding steroid dienone is 1. The number of fused-ring (bicyclic) bond motifs is 3. The molecule has 15 nitrogen and oxygen atoms in total. The zero-order valence-electron chi connectivity index (χ0n) is 31.0. The van der Waals surface area contributed by atoms with Gasteiger partial charge in [0.15, 0.2) is 10.9 Å². The molecule has 2 aromatic heterocycles. The molecule has 4 heterocycles. The number of thiazole rings is 1. The lowest BCUT2D eigenvalue weighted by atomic mass is 10.0. The molecule has 5 N–H and O–H groups in total. The Morgan fingerprint density at radius 1 is 1.04 bits per heavy atom. The number of pyridine rings is 1. The third-order valence-electron chi connectivity index (χ3n) is 10.8. The Morgan fingerprint density at radius 2 is 1.84 bits per heavy atom. The monoisotopic (exact) mass is 776 g/mol. The molecule has 2 aliphatic carbocycles. The lowest BCUT2D eigenvalue weighted by Gasteiger charge is -2.29. The number of carbonyl (C=O) groups excluding carboxylic acids is 3. The standard InChI is InChI=1S/C39H48N6O9S/c1-22(2)40-37-42-31(21-55-37)30-18-33(27-15-14-25(54-51)16-29(27)41-30)52-26-17-32-34(46)44-39(36(48)49)19-23(39)10-6-4-3-5-7-13-28(35(47)45(32)20-26)43-38(50)53-24-11-8-9-12-24/h6,10,14-16,18,21-24,26,28,32,51H,3-5,7-9,11-13,17,19-20H2,1-2H3,(H,40,42)(H,43,50)(H,44,46)(H,48,49)/b10-6-/t23-,26-,28+,32+,39-/m1/s1. The van der Waals surface area contributed by atoms with Crippen LogP contribution < -0.4 is 25.6 Å². The highest BCUT2D eigenvalue weighted by molar-refractivity contribution is 7.14. The summed E-state index contributed by atoms with van der Waals surface area (Å²) in [6, 6.07) is 4.69. The van der Waals surface area contributed by atoms with Crippen molar-refractivity contribution >= 4 is 51.2 Å². The van der Waals surface area contributed by atoms with Gasteiger partial charge in [0.25, 0.3) is 0 Å². The number of hydrogen-bond donors (Lipinski definition) is 5. The van der Waals surface area contributed by atoms with E-state index in [4.69, 9.17) is 19.4 Å². The molecule has 0 radical (unpaired) electrons. The molecule has 5 atom stereocenters. The smallest absolute Gasteiger partial charge is 0.408 e. The molecule has 3 fully saturated rings. The maximum atomic E-state index is 14.5. The molecule has 2 saturated carbocycles. The fraction of sp³-hybridized carbons (Fsp3) is 0.538. The second kappa shape index (κ2) is 16.4. The van der Waals surface area contributed by atoms with Crippen molar-refractivity contribution < 1.29 is 43.9 Å². The van der Waals surface area contributed by atoms with Gasteiger partial charge in [0.05, 0.1) is 17.8 Å². The fourth-order valence-electron chi connectivity index (χ4n) is 7.83. The van der Waals surface area contributed by atoms with Gasteiger partial charge in [-0.15, -0.1) is 11.3 Å². The Hall–Kier alpha value is -4.96. The van der Waals surface area contributed by atoms with Crippen molar-refractivity contribution in [3.8, 4) is 22.9 Å². The van der Waals surface area contributed by atoms with Crippen LogP contribution in [0.25, 0.3) is 22.3 Å². The third kappa shape index (κ3) is 8.64. The molecule has 3 amide bonds. The van der Waals surface area contributed by atoms with E-state index in [0.717, 1.165) is 50.1 Å². The van der Waals surface area contributed by atoms with Crippen LogP contribution in [0.2, 0.25) is 0 Å². The first-order valence-electron chi connectivity index (χ1n) is 19.2. The summed E-state index contributed by atoms with van der Waals surface area (Å²) in [6.45, 7) is 4.02. The lowest BCUT2D eigenvalue weighted by molar-refractivity contribution is -0.145. The molecule has 55 heavy (non-hydrogen) atoms. The number of benzene rings is 1. The van der Waals surface area contributed by atoms with Crippen LogP contribution in [-0.2, 0) is 19.1 Å². The predicted octanol–water partition coefficient (Wildman–Crippen LogP) is 5.90. The van der Waals surface area contributed by atoms with Crippen molar-refractivity contribution in [2.24, 2.45) is 5.92 Å². The number of nitrogens with zero attached hydrogens (tertiary/aromatic N) is 3. The molecule has 7 rings (SSSR count). The first kappa shape index (κ1) is 38.3. The molecule has 1 aromatic carbocycles. The van der Waals surface area contributed by atoms with E-state index in [1.807, 2.05) is 31.4 Å². The summed E-state index contributed by atoms with van der Waals surface area (Å²) in [4.78, 5) is 69.7. The highest BCUT2D eigenvalue weighted by atomic mass is 32.1. The van der Waals surface area contributed by atoms with Crippen LogP contribution in [0.5, 0.6) is 11.5 Å². The first-order chi connectivity index (χ1) is 26.5. The highest BCUT2D eigenvalue weighted by Gasteiger charge is 2.61. The van der Waals surface area contributed by atoms with Crippen molar-refractivity contribution in [2.45, 2.75) is 120 Å². The molecular formula is C39H48N6O9S. The van der Waals surface area contributed by atoms with E-state index in [-0.39, 0.29) is 43.2 Å². The molecule has 294 valence electrons. The van der Waals surface area contributed by atoms with Crippen LogP contribution in [0.15, 0.2) is 41.8 Å². The van der Waals surface area contributed by atoms with Crippen LogP contribution in [0, 0.1) is 5.92 Å². The van der Waals surface area contributed by atoms with Crippen LogP contribution in [0.1, 0.15) is 84.5 Å². The average molecular weight is 777 g/mol. The SMILES string of the molecule is CC(C)Nc1nc(-c2cc(O[C@@H]3C[C@H]4C(=O)N[C@]5(C(=O)O)C[C@H]5/C=C\CCCCC[C@H](NC(=O)OC5CCCC5)C(=O)N4C3)c3ccc(OO)cc3n2)cs1. The van der Waals surface area contributed by atoms with Gasteiger partial charge in [-0.3, -0.25) is 9.59 Å². The number of hydrogen-bond acceptors (Lipinski definition) is 12. The van der Waals surface area contributed by atoms with Crippen molar-refractivity contribution in [3.05, 3.63) is 41.8 Å². The number of carboxylic acid groups (broad SMARTS) is 1. The van der Waals surface area contributed by atoms with Crippen molar-refractivity contribution in [1.82, 2.24) is 25.5 Å². The minimum atomic E-state index is -1.47. The summed E-state index contributed by atoms with van der Waals surface area (Å²) in [5.74, 6) is -1.99. The van der Waals surface area contributed by atoms with Gasteiger partial charge in [0, 0.05) is 41.3 Å². The van der Waals surface area contributed by atoms with E-state index in [0.29, 0.717) is 40.9 Å². The van der Waals surface area contributed by atoms with Crippen LogP contribution in [-0.4, -0.2) is 91.5 Å². The van der Waals surface area contributed by atoms with Gasteiger partial charge in [-0.25, -0.2) is 24.8 Å². The number of nitrogens with one attached hydrogen (secondary N) is 3. The minimum Gasteiger partial charge on any atom is -0.488 e. The average Bonchev–Trinajstić information content (AvgIpc) is 3.58. The van der Waals surface area contributed by atoms with Crippen LogP contribution in [0.4, 0.5) is 9.93 Å². The summed E-state index contributed by atoms with van der Waals surface area (Å²) < 4.78 is 12.3. The Labute approximate surface area is 322 Å². The molecule has 4 aliphatic rings. The van der Waals surface area contributed by atoms with Gasteiger partial charge in [-0.2, -0.15) is 0 Å². The van der Waals surface area contributed by atoms with Crippen LogP contribution >= 0.6 is 11.3 Å². The van der Waals surface area contributed by atoms with E-state index in [9.17, 15) is 29.5 Å². The first-order valence-corrected chi connectivity index (χ1v) is 20.1. The number of anilines is 1. The summed E-state index contributed by atoms with van der Waals surface area (Å²) in [5.41, 5.74) is 0.0696. The Kier molecular flexibility index (Phi) is 11.4. The third-order valence-corrected chi connectivity index (χ3v) is 11.6. The minimum absolute atomic E-state index is 0.00762. The number of carboxylic acids is 1. The molecule has 3 aromatic rings. The van der Waals surface area contributed by atoms with E-state index in [1.54, 1.807) is 24.3 Å². The quantitative estimate of drug-likeness (QED) is 0.0981. The van der Waals surface area contributed by atoms with Gasteiger partial charge in [0.1, 0.15) is 41.3 Å². The van der Waals surface area contributed by atoms with Crippen molar-refractivity contribution in [2.75, 3.05) is 11.9 Å². The number of ether oxygens (including phenoxy) is 2. The summed E-state index contributed by atoms with van der Waals surface area (Å²) >= 11 is 1.43. The van der Waals surface area contributed by atoms with E-state index in [1.165, 1.54) is 16.2 Å². The van der Waals surface area contributed by atoms with Crippen molar-refractivity contribution in [3.63, 3.8) is 0 Å². The normalized spacial score (nSPS) is 26.7. The Balaban J connectivity index is 1.20. The zero-order valence-corrected chi connectivity index (χ0v) is 31.8. The highest BCUT2D eigenvalue weighted by Crippen LogP contribution is 2.45. The second-order valence-corrected chi connectivity index (χ2v) is 16.1. The van der Waals surface area contributed by atoms with E-state index < -0.39 is 47.6 Å². The zero-order chi connectivity index (χ0) is 38.7.